The molecule has 7 nitrogen and oxygen atoms in total. The van der Waals surface area contributed by atoms with Crippen molar-refractivity contribution in [1.82, 2.24) is 5.32 Å². The molecule has 0 unspecified atom stereocenters. The first kappa shape index (κ1) is 21.5. The molecule has 1 aliphatic rings. The van der Waals surface area contributed by atoms with E-state index < -0.39 is 5.97 Å². The summed E-state index contributed by atoms with van der Waals surface area (Å²) in [7, 11) is 0. The number of ether oxygens (including phenoxy) is 1. The predicted octanol–water partition coefficient (Wildman–Crippen LogP) is 1.81. The molecule has 142 valence electrons. The van der Waals surface area contributed by atoms with E-state index in [0.717, 1.165) is 25.0 Å². The molecule has 0 aromatic heterocycles. The number of allylic oxidation sites excluding steroid dienone is 1. The van der Waals surface area contributed by atoms with Gasteiger partial charge in [0, 0.05) is 30.8 Å². The molecule has 0 spiro atoms. The number of carbonyl (C=O) groups is 3. The number of nitrogens with two attached hydrogens (primary N) is 1. The number of rotatable bonds is 11. The number of thioether (sulfide) groups is 1. The number of unbranched alkanes of at least 4 members (excludes halogenated alkanes) is 2. The molecule has 0 bridgehead atoms. The summed E-state index contributed by atoms with van der Waals surface area (Å²) in [6, 6.07) is -0.117. The Morgan fingerprint density at radius 2 is 2.04 bits per heavy atom. The van der Waals surface area contributed by atoms with Gasteiger partial charge in [-0.25, -0.2) is 0 Å². The van der Waals surface area contributed by atoms with Crippen LogP contribution in [-0.4, -0.2) is 46.1 Å². The molecule has 1 fully saturated rings. The molecule has 0 aromatic rings. The van der Waals surface area contributed by atoms with Gasteiger partial charge in [0.2, 0.25) is 5.91 Å². The lowest BCUT2D eigenvalue weighted by Gasteiger charge is -2.21. The van der Waals surface area contributed by atoms with Crippen LogP contribution in [0, 0.1) is 0 Å². The zero-order valence-corrected chi connectivity index (χ0v) is 15.4. The first-order valence-corrected chi connectivity index (χ1v) is 9.65. The fourth-order valence-corrected chi connectivity index (χ4v) is 4.05. The van der Waals surface area contributed by atoms with E-state index >= 15 is 0 Å². The van der Waals surface area contributed by atoms with Gasteiger partial charge in [-0.2, -0.15) is 11.8 Å². The molecule has 0 aliphatic carbocycles. The molecule has 1 rings (SSSR count). The second-order valence-corrected chi connectivity index (χ2v) is 7.38. The first-order chi connectivity index (χ1) is 11.9. The van der Waals surface area contributed by atoms with Crippen molar-refractivity contribution in [2.45, 2.75) is 69.3 Å². The highest BCUT2D eigenvalue weighted by Crippen LogP contribution is 2.32. The van der Waals surface area contributed by atoms with Crippen LogP contribution in [0.4, 0.5) is 0 Å². The molecule has 8 heteroatoms. The van der Waals surface area contributed by atoms with Crippen molar-refractivity contribution in [3.05, 3.63) is 12.3 Å². The molecule has 3 atom stereocenters. The summed E-state index contributed by atoms with van der Waals surface area (Å²) in [6.07, 6.45) is 7.37. The van der Waals surface area contributed by atoms with Crippen LogP contribution >= 0.6 is 11.8 Å². The molecule has 1 saturated heterocycles. The lowest BCUT2D eigenvalue weighted by molar-refractivity contribution is -0.146. The number of nitrogens with one attached hydrogen (secondary N) is 1. The molecular formula is C17H28N2O5S. The maximum atomic E-state index is 11.7. The molecule has 1 heterocycles. The van der Waals surface area contributed by atoms with Crippen LogP contribution in [0.5, 0.6) is 0 Å². The van der Waals surface area contributed by atoms with Crippen molar-refractivity contribution in [3.63, 3.8) is 0 Å². The summed E-state index contributed by atoms with van der Waals surface area (Å²) >= 11 is 1.73. The Bertz CT molecular complexity index is 484. The molecule has 4 N–H and O–H groups in total. The Morgan fingerprint density at radius 3 is 2.72 bits per heavy atom. The van der Waals surface area contributed by atoms with E-state index in [1.165, 1.54) is 6.92 Å². The molecule has 25 heavy (non-hydrogen) atoms. The topological polar surface area (TPSA) is 119 Å². The number of amides is 1. The Kier molecular flexibility index (Phi) is 10.3. The van der Waals surface area contributed by atoms with Gasteiger partial charge in [-0.05, 0) is 31.9 Å². The van der Waals surface area contributed by atoms with E-state index in [4.69, 9.17) is 15.6 Å². The minimum absolute atomic E-state index is 0.0539. The number of hydrogen-bond acceptors (Lipinski definition) is 6. The van der Waals surface area contributed by atoms with Crippen LogP contribution in [-0.2, 0) is 19.1 Å². The zero-order chi connectivity index (χ0) is 18.7. The Hall–Kier alpha value is -1.54. The van der Waals surface area contributed by atoms with Crippen LogP contribution in [0.2, 0.25) is 0 Å². The molecule has 0 aromatic carbocycles. The van der Waals surface area contributed by atoms with Crippen molar-refractivity contribution in [1.29, 1.82) is 0 Å². The Balaban J connectivity index is 2.12. The number of esters is 1. The van der Waals surface area contributed by atoms with Gasteiger partial charge in [0.1, 0.15) is 6.10 Å². The predicted molar refractivity (Wildman–Crippen MR) is 97.0 cm³/mol. The molecule has 0 radical (unpaired) electrons. The maximum Gasteiger partial charge on any atom is 0.303 e. The van der Waals surface area contributed by atoms with Crippen molar-refractivity contribution in [3.8, 4) is 0 Å². The normalized spacial score (nSPS) is 22.9. The van der Waals surface area contributed by atoms with E-state index in [1.807, 2.05) is 0 Å². The highest BCUT2D eigenvalue weighted by Gasteiger charge is 2.36. The highest BCUT2D eigenvalue weighted by atomic mass is 32.2. The second-order valence-electron chi connectivity index (χ2n) is 6.11. The third-order valence-electron chi connectivity index (χ3n) is 3.86. The van der Waals surface area contributed by atoms with Gasteiger partial charge in [-0.1, -0.05) is 12.5 Å². The van der Waals surface area contributed by atoms with E-state index in [-0.39, 0.29) is 35.7 Å². The summed E-state index contributed by atoms with van der Waals surface area (Å²) in [5, 5.41) is 11.4. The molecule has 0 saturated carbocycles. The lowest BCUT2D eigenvalue weighted by Crippen LogP contribution is -2.39. The fraction of sp³-hybridized carbons (Fsp3) is 0.706. The number of carboxylic acids is 1. The van der Waals surface area contributed by atoms with Crippen molar-refractivity contribution in [2.24, 2.45) is 5.73 Å². The summed E-state index contributed by atoms with van der Waals surface area (Å²) in [5.74, 6) is -0.380. The fourth-order valence-electron chi connectivity index (χ4n) is 2.61. The smallest absolute Gasteiger partial charge is 0.303 e. The van der Waals surface area contributed by atoms with Crippen LogP contribution in [0.15, 0.2) is 12.3 Å². The SMILES string of the molecule is CC(=O)O[C@@H]1[C@H](CCCCC(=O)N/C=C/CCCC(=O)O)SC[C@@H]1N. The van der Waals surface area contributed by atoms with Crippen molar-refractivity contribution >= 4 is 29.6 Å². The number of aliphatic carboxylic acids is 1. The number of carboxylic acid groups (broad SMARTS) is 1. The lowest BCUT2D eigenvalue weighted by atomic mass is 10.0. The summed E-state index contributed by atoms with van der Waals surface area (Å²) < 4.78 is 5.30. The molecule has 1 amide bonds. The number of hydrogen-bond donors (Lipinski definition) is 3. The quantitative estimate of drug-likeness (QED) is 0.374. The largest absolute Gasteiger partial charge is 0.481 e. The third kappa shape index (κ3) is 9.50. The zero-order valence-electron chi connectivity index (χ0n) is 14.6. The minimum atomic E-state index is -0.810. The summed E-state index contributed by atoms with van der Waals surface area (Å²) in [5.41, 5.74) is 5.97. The van der Waals surface area contributed by atoms with Gasteiger partial charge < -0.3 is 20.9 Å². The van der Waals surface area contributed by atoms with E-state index in [9.17, 15) is 14.4 Å². The van der Waals surface area contributed by atoms with Gasteiger partial charge in [0.05, 0.1) is 6.04 Å². The highest BCUT2D eigenvalue weighted by molar-refractivity contribution is 8.00. The standard InChI is InChI=1S/C17H28N2O5S/c1-12(20)24-17-13(18)11-25-14(17)7-4-5-8-15(21)19-10-6-2-3-9-16(22)23/h6,10,13-14,17H,2-5,7-9,11,18H2,1H3,(H,19,21)(H,22,23)/b10-6+/t13-,14-,17-/m0/s1. The van der Waals surface area contributed by atoms with Gasteiger partial charge in [0.25, 0.3) is 0 Å². The van der Waals surface area contributed by atoms with Gasteiger partial charge in [-0.3, -0.25) is 14.4 Å². The van der Waals surface area contributed by atoms with Gasteiger partial charge >= 0.3 is 11.9 Å². The maximum absolute atomic E-state index is 11.7. The van der Waals surface area contributed by atoms with E-state index in [1.54, 1.807) is 24.0 Å². The second kappa shape index (κ2) is 11.9. The van der Waals surface area contributed by atoms with Crippen LogP contribution in [0.25, 0.3) is 0 Å². The number of carbonyl (C=O) groups excluding carboxylic acids is 2. The van der Waals surface area contributed by atoms with Gasteiger partial charge in [0.15, 0.2) is 0 Å². The summed E-state index contributed by atoms with van der Waals surface area (Å²) in [4.78, 5) is 33.2. The third-order valence-corrected chi connectivity index (χ3v) is 5.37. The van der Waals surface area contributed by atoms with Crippen LogP contribution in [0.3, 0.4) is 0 Å². The minimum Gasteiger partial charge on any atom is -0.481 e. The molecular weight excluding hydrogens is 344 g/mol. The van der Waals surface area contributed by atoms with E-state index in [2.05, 4.69) is 5.32 Å². The van der Waals surface area contributed by atoms with Crippen LogP contribution < -0.4 is 11.1 Å². The van der Waals surface area contributed by atoms with E-state index in [0.29, 0.717) is 19.3 Å². The van der Waals surface area contributed by atoms with Crippen molar-refractivity contribution in [2.75, 3.05) is 5.75 Å². The summed E-state index contributed by atoms with van der Waals surface area (Å²) in [6.45, 7) is 1.40. The van der Waals surface area contributed by atoms with Crippen molar-refractivity contribution < 1.29 is 24.2 Å². The first-order valence-electron chi connectivity index (χ1n) is 8.60. The van der Waals surface area contributed by atoms with Crippen LogP contribution in [0.1, 0.15) is 51.9 Å². The average Bonchev–Trinajstić information content (AvgIpc) is 2.87. The van der Waals surface area contributed by atoms with Gasteiger partial charge in [-0.15, -0.1) is 0 Å². The molecule has 1 aliphatic heterocycles. The Labute approximate surface area is 152 Å². The average molecular weight is 372 g/mol. The Morgan fingerprint density at radius 1 is 1.28 bits per heavy atom. The monoisotopic (exact) mass is 372 g/mol.